The highest BCUT2D eigenvalue weighted by Gasteiger charge is 2.19. The number of hydrogen-bond acceptors (Lipinski definition) is 5. The summed E-state index contributed by atoms with van der Waals surface area (Å²) in [5.74, 6) is 3.60. The van der Waals surface area contributed by atoms with Gasteiger partial charge in [0.2, 0.25) is 0 Å². The van der Waals surface area contributed by atoms with Crippen LogP contribution in [0.5, 0.6) is 11.5 Å². The fourth-order valence-corrected chi connectivity index (χ4v) is 3.63. The average Bonchev–Trinajstić information content (AvgIpc) is 3.07. The molecule has 0 spiro atoms. The van der Waals surface area contributed by atoms with Gasteiger partial charge in [-0.2, -0.15) is 5.26 Å². The van der Waals surface area contributed by atoms with E-state index >= 15 is 0 Å². The molecule has 166 valence electrons. The number of carbonyl (C=O) groups excluding carboxylic acids is 1. The molecule has 1 N–H and O–H groups in total. The minimum Gasteiger partial charge on any atom is -0.493 e. The van der Waals surface area contributed by atoms with E-state index in [0.29, 0.717) is 30.2 Å². The fraction of sp³-hybridized carbons (Fsp3) is 0.360. The zero-order valence-corrected chi connectivity index (χ0v) is 18.3. The second kappa shape index (κ2) is 11.6. The number of amides is 2. The number of hydrogen-bond donors (Lipinski definition) is 1. The molecular formula is C25H28N4O3. The van der Waals surface area contributed by atoms with Gasteiger partial charge in [0.15, 0.2) is 11.5 Å². The van der Waals surface area contributed by atoms with Crippen LogP contribution < -0.4 is 14.8 Å². The number of rotatable bonds is 7. The molecule has 2 aromatic carbocycles. The van der Waals surface area contributed by atoms with Crippen LogP contribution in [0.25, 0.3) is 0 Å². The first kappa shape index (κ1) is 23.0. The normalized spacial score (nSPS) is 14.0. The molecule has 0 unspecified atom stereocenters. The van der Waals surface area contributed by atoms with Gasteiger partial charge >= 0.3 is 6.03 Å². The number of ether oxygens (including phenoxy) is 2. The lowest BCUT2D eigenvalue weighted by atomic mass is 10.1. The lowest BCUT2D eigenvalue weighted by Gasteiger charge is -2.22. The minimum atomic E-state index is -0.0767. The molecule has 1 aliphatic rings. The number of nitrogens with one attached hydrogen (secondary N) is 1. The lowest BCUT2D eigenvalue weighted by molar-refractivity contribution is 0.197. The van der Waals surface area contributed by atoms with Crippen molar-refractivity contribution in [2.75, 3.05) is 39.9 Å². The maximum Gasteiger partial charge on any atom is 0.317 e. The summed E-state index contributed by atoms with van der Waals surface area (Å²) >= 11 is 0. The molecule has 7 heteroatoms. The molecule has 0 bridgehead atoms. The predicted molar refractivity (Wildman–Crippen MR) is 122 cm³/mol. The Balaban J connectivity index is 1.50. The highest BCUT2D eigenvalue weighted by Crippen LogP contribution is 2.28. The van der Waals surface area contributed by atoms with Crippen molar-refractivity contribution in [2.24, 2.45) is 0 Å². The summed E-state index contributed by atoms with van der Waals surface area (Å²) in [6.45, 7) is 4.47. The van der Waals surface area contributed by atoms with Gasteiger partial charge in [-0.1, -0.05) is 24.1 Å². The van der Waals surface area contributed by atoms with E-state index in [0.717, 1.165) is 38.2 Å². The highest BCUT2D eigenvalue weighted by molar-refractivity contribution is 5.74. The molecule has 2 aromatic rings. The zero-order valence-electron chi connectivity index (χ0n) is 18.3. The van der Waals surface area contributed by atoms with Gasteiger partial charge in [-0.15, -0.1) is 6.42 Å². The Bertz CT molecular complexity index is 992. The summed E-state index contributed by atoms with van der Waals surface area (Å²) in [6, 6.07) is 15.3. The highest BCUT2D eigenvalue weighted by atomic mass is 16.5. The smallest absolute Gasteiger partial charge is 0.317 e. The summed E-state index contributed by atoms with van der Waals surface area (Å²) in [4.78, 5) is 16.9. The van der Waals surface area contributed by atoms with Crippen LogP contribution in [0.1, 0.15) is 23.1 Å². The van der Waals surface area contributed by atoms with E-state index in [4.69, 9.17) is 21.2 Å². The van der Waals surface area contributed by atoms with Gasteiger partial charge in [-0.3, -0.25) is 4.90 Å². The number of urea groups is 1. The van der Waals surface area contributed by atoms with Crippen molar-refractivity contribution in [1.29, 1.82) is 5.26 Å². The van der Waals surface area contributed by atoms with Crippen LogP contribution in [0.4, 0.5) is 4.79 Å². The van der Waals surface area contributed by atoms with Gasteiger partial charge in [0.05, 0.1) is 18.7 Å². The van der Waals surface area contributed by atoms with E-state index < -0.39 is 0 Å². The number of nitriles is 1. The van der Waals surface area contributed by atoms with E-state index in [2.05, 4.69) is 22.2 Å². The van der Waals surface area contributed by atoms with Crippen LogP contribution in [0.3, 0.4) is 0 Å². The molecule has 7 nitrogen and oxygen atoms in total. The van der Waals surface area contributed by atoms with E-state index in [1.807, 2.05) is 41.3 Å². The van der Waals surface area contributed by atoms with Crippen molar-refractivity contribution < 1.29 is 14.3 Å². The summed E-state index contributed by atoms with van der Waals surface area (Å²) in [6.07, 6.45) is 6.18. The number of carbonyl (C=O) groups is 1. The third-order valence-electron chi connectivity index (χ3n) is 5.35. The van der Waals surface area contributed by atoms with Crippen LogP contribution >= 0.6 is 0 Å². The Labute approximate surface area is 189 Å². The number of methoxy groups -OCH3 is 1. The Hall–Kier alpha value is -3.68. The summed E-state index contributed by atoms with van der Waals surface area (Å²) in [5, 5.41) is 11.9. The minimum absolute atomic E-state index is 0.0767. The third kappa shape index (κ3) is 6.41. The molecule has 32 heavy (non-hydrogen) atoms. The van der Waals surface area contributed by atoms with Crippen LogP contribution in [0.15, 0.2) is 42.5 Å². The van der Waals surface area contributed by atoms with Gasteiger partial charge in [0.1, 0.15) is 6.61 Å². The van der Waals surface area contributed by atoms with Gasteiger partial charge < -0.3 is 19.7 Å². The van der Waals surface area contributed by atoms with Crippen LogP contribution in [0, 0.1) is 23.7 Å². The van der Waals surface area contributed by atoms with Gasteiger partial charge in [-0.05, 0) is 41.8 Å². The molecule has 1 heterocycles. The summed E-state index contributed by atoms with van der Waals surface area (Å²) < 4.78 is 10.8. The first-order valence-corrected chi connectivity index (χ1v) is 10.6. The quantitative estimate of drug-likeness (QED) is 0.681. The van der Waals surface area contributed by atoms with E-state index in [9.17, 15) is 4.79 Å². The standard InChI is InChI=1S/C25H28N4O3/c1-3-15-32-24-16-22(9-10-23(24)31-2)18-27-25(30)29-12-4-11-28(13-14-29)19-21-7-5-20(17-26)6-8-21/h1,5-10,16H,4,11-15,18-19H2,2H3,(H,27,30). The molecule has 0 atom stereocenters. The van der Waals surface area contributed by atoms with Crippen molar-refractivity contribution in [1.82, 2.24) is 15.1 Å². The fourth-order valence-electron chi connectivity index (χ4n) is 3.63. The number of nitrogens with zero attached hydrogens (tertiary/aromatic N) is 3. The monoisotopic (exact) mass is 432 g/mol. The van der Waals surface area contributed by atoms with Crippen molar-refractivity contribution in [3.05, 3.63) is 59.2 Å². The van der Waals surface area contributed by atoms with Crippen LogP contribution in [0.2, 0.25) is 0 Å². The molecule has 1 saturated heterocycles. The molecule has 0 aliphatic carbocycles. The van der Waals surface area contributed by atoms with Crippen molar-refractivity contribution in [3.63, 3.8) is 0 Å². The Morgan fingerprint density at radius 3 is 2.59 bits per heavy atom. The van der Waals surface area contributed by atoms with Crippen LogP contribution in [-0.4, -0.2) is 55.7 Å². The Morgan fingerprint density at radius 1 is 1.09 bits per heavy atom. The maximum atomic E-state index is 12.7. The molecule has 0 radical (unpaired) electrons. The maximum absolute atomic E-state index is 12.7. The van der Waals surface area contributed by atoms with Crippen molar-refractivity contribution in [2.45, 2.75) is 19.5 Å². The Morgan fingerprint density at radius 2 is 1.88 bits per heavy atom. The van der Waals surface area contributed by atoms with E-state index in [1.54, 1.807) is 13.2 Å². The largest absolute Gasteiger partial charge is 0.493 e. The molecule has 0 aromatic heterocycles. The molecule has 3 rings (SSSR count). The molecule has 1 aliphatic heterocycles. The van der Waals surface area contributed by atoms with Crippen LogP contribution in [-0.2, 0) is 13.1 Å². The Kier molecular flexibility index (Phi) is 8.36. The molecule has 0 saturated carbocycles. The van der Waals surface area contributed by atoms with E-state index in [-0.39, 0.29) is 12.6 Å². The second-order valence-corrected chi connectivity index (χ2v) is 7.56. The summed E-state index contributed by atoms with van der Waals surface area (Å²) in [7, 11) is 1.57. The zero-order chi connectivity index (χ0) is 22.8. The summed E-state index contributed by atoms with van der Waals surface area (Å²) in [5.41, 5.74) is 2.74. The number of terminal acetylenes is 1. The predicted octanol–water partition coefficient (Wildman–Crippen LogP) is 3.00. The lowest BCUT2D eigenvalue weighted by Crippen LogP contribution is -2.41. The van der Waals surface area contributed by atoms with E-state index in [1.165, 1.54) is 5.56 Å². The molecule has 2 amide bonds. The van der Waals surface area contributed by atoms with Crippen molar-refractivity contribution >= 4 is 6.03 Å². The first-order valence-electron chi connectivity index (χ1n) is 10.6. The van der Waals surface area contributed by atoms with Gasteiger partial charge in [-0.25, -0.2) is 4.79 Å². The topological polar surface area (TPSA) is 77.8 Å². The SMILES string of the molecule is C#CCOc1cc(CNC(=O)N2CCCN(Cc3ccc(C#N)cc3)CC2)ccc1OC. The first-order chi connectivity index (χ1) is 15.6. The van der Waals surface area contributed by atoms with Crippen molar-refractivity contribution in [3.8, 4) is 29.9 Å². The van der Waals surface area contributed by atoms with Gasteiger partial charge in [0.25, 0.3) is 0 Å². The molecule has 1 fully saturated rings. The second-order valence-electron chi connectivity index (χ2n) is 7.56. The number of benzene rings is 2. The molecular weight excluding hydrogens is 404 g/mol. The average molecular weight is 433 g/mol. The third-order valence-corrected chi connectivity index (χ3v) is 5.35. The van der Waals surface area contributed by atoms with Gasteiger partial charge in [0, 0.05) is 39.3 Å².